The van der Waals surface area contributed by atoms with Gasteiger partial charge in [0.15, 0.2) is 0 Å². The summed E-state index contributed by atoms with van der Waals surface area (Å²) >= 11 is 0. The van der Waals surface area contributed by atoms with E-state index in [4.69, 9.17) is 15.2 Å². The molecule has 1 aromatic carbocycles. The van der Waals surface area contributed by atoms with Crippen molar-refractivity contribution in [1.29, 1.82) is 0 Å². The first-order valence-electron chi connectivity index (χ1n) is 7.78. The Bertz CT molecular complexity index is 437. The van der Waals surface area contributed by atoms with Crippen LogP contribution in [0, 0.1) is 5.92 Å². The molecule has 2 fully saturated rings. The fourth-order valence-corrected chi connectivity index (χ4v) is 3.48. The first kappa shape index (κ1) is 14.1. The molecule has 3 rings (SSSR count). The van der Waals surface area contributed by atoms with Crippen LogP contribution in [-0.4, -0.2) is 25.4 Å². The van der Waals surface area contributed by atoms with E-state index in [1.807, 2.05) is 0 Å². The maximum atomic E-state index is 6.52. The maximum absolute atomic E-state index is 6.52. The minimum atomic E-state index is -0.0517. The van der Waals surface area contributed by atoms with Gasteiger partial charge in [-0.3, -0.25) is 0 Å². The fourth-order valence-electron chi connectivity index (χ4n) is 3.48. The number of aryl methyl sites for hydroxylation is 1. The van der Waals surface area contributed by atoms with Gasteiger partial charge in [0.1, 0.15) is 0 Å². The van der Waals surface area contributed by atoms with Gasteiger partial charge in [-0.2, -0.15) is 0 Å². The van der Waals surface area contributed by atoms with Crippen LogP contribution in [0.3, 0.4) is 0 Å². The number of rotatable bonds is 3. The van der Waals surface area contributed by atoms with Gasteiger partial charge in [0, 0.05) is 25.7 Å². The smallest absolute Gasteiger partial charge is 0.0940 e. The van der Waals surface area contributed by atoms with Crippen molar-refractivity contribution in [3.05, 3.63) is 35.4 Å². The van der Waals surface area contributed by atoms with Gasteiger partial charge in [-0.05, 0) is 36.3 Å². The Balaban J connectivity index is 1.70. The van der Waals surface area contributed by atoms with Crippen molar-refractivity contribution in [2.24, 2.45) is 11.7 Å². The third-order valence-corrected chi connectivity index (χ3v) is 4.88. The third kappa shape index (κ3) is 2.76. The zero-order valence-electron chi connectivity index (χ0n) is 12.3. The highest BCUT2D eigenvalue weighted by molar-refractivity contribution is 5.25. The summed E-state index contributed by atoms with van der Waals surface area (Å²) in [5.74, 6) is 0.498. The zero-order chi connectivity index (χ0) is 14.0. The van der Waals surface area contributed by atoms with E-state index >= 15 is 0 Å². The standard InChI is InChI=1S/C17H25NO2/c1-2-13-3-5-14(6-4-13)16(18)15-7-9-20-17(11-15)8-10-19-12-17/h3-6,15-16H,2,7-12,18H2,1H3. The van der Waals surface area contributed by atoms with Crippen molar-refractivity contribution in [1.82, 2.24) is 0 Å². The molecule has 0 amide bonds. The number of nitrogens with two attached hydrogens (primary N) is 1. The molecule has 2 N–H and O–H groups in total. The molecule has 2 aliphatic heterocycles. The Hall–Kier alpha value is -0.900. The van der Waals surface area contributed by atoms with Crippen LogP contribution in [0.1, 0.15) is 43.4 Å². The van der Waals surface area contributed by atoms with Gasteiger partial charge >= 0.3 is 0 Å². The van der Waals surface area contributed by atoms with Crippen LogP contribution in [-0.2, 0) is 15.9 Å². The summed E-state index contributed by atoms with van der Waals surface area (Å²) in [7, 11) is 0. The van der Waals surface area contributed by atoms with Crippen molar-refractivity contribution < 1.29 is 9.47 Å². The summed E-state index contributed by atoms with van der Waals surface area (Å²) in [5, 5.41) is 0. The van der Waals surface area contributed by atoms with Gasteiger partial charge in [-0.25, -0.2) is 0 Å². The van der Waals surface area contributed by atoms with E-state index < -0.39 is 0 Å². The molecule has 3 atom stereocenters. The summed E-state index contributed by atoms with van der Waals surface area (Å²) < 4.78 is 11.5. The summed E-state index contributed by atoms with van der Waals surface area (Å²) in [6.07, 6.45) is 4.18. The predicted octanol–water partition coefficient (Wildman–Crippen LogP) is 2.83. The Kier molecular flexibility index (Phi) is 4.11. The van der Waals surface area contributed by atoms with Crippen LogP contribution < -0.4 is 5.73 Å². The molecule has 0 bridgehead atoms. The highest BCUT2D eigenvalue weighted by atomic mass is 16.6. The average molecular weight is 275 g/mol. The number of ether oxygens (including phenoxy) is 2. The van der Waals surface area contributed by atoms with E-state index in [-0.39, 0.29) is 11.6 Å². The van der Waals surface area contributed by atoms with Crippen LogP contribution in [0.2, 0.25) is 0 Å². The van der Waals surface area contributed by atoms with Crippen molar-refractivity contribution in [2.75, 3.05) is 19.8 Å². The molecule has 2 heterocycles. The molecule has 1 aromatic rings. The van der Waals surface area contributed by atoms with E-state index in [0.717, 1.165) is 45.5 Å². The lowest BCUT2D eigenvalue weighted by molar-refractivity contribution is -0.101. The largest absolute Gasteiger partial charge is 0.378 e. The second kappa shape index (κ2) is 5.84. The summed E-state index contributed by atoms with van der Waals surface area (Å²) in [5.41, 5.74) is 9.09. The van der Waals surface area contributed by atoms with Crippen molar-refractivity contribution in [3.8, 4) is 0 Å². The molecule has 110 valence electrons. The third-order valence-electron chi connectivity index (χ3n) is 4.88. The van der Waals surface area contributed by atoms with E-state index in [1.54, 1.807) is 0 Å². The SMILES string of the molecule is CCc1ccc(C(N)C2CCOC3(CCOC3)C2)cc1. The first-order valence-corrected chi connectivity index (χ1v) is 7.78. The molecule has 3 unspecified atom stereocenters. The van der Waals surface area contributed by atoms with Gasteiger partial charge in [0.05, 0.1) is 12.2 Å². The van der Waals surface area contributed by atoms with Crippen LogP contribution in [0.4, 0.5) is 0 Å². The predicted molar refractivity (Wildman–Crippen MR) is 79.6 cm³/mol. The summed E-state index contributed by atoms with van der Waals surface area (Å²) in [6.45, 7) is 4.56. The highest BCUT2D eigenvalue weighted by Crippen LogP contribution is 2.40. The Morgan fingerprint density at radius 3 is 2.75 bits per heavy atom. The van der Waals surface area contributed by atoms with E-state index in [1.165, 1.54) is 11.1 Å². The normalized spacial score (nSPS) is 31.6. The van der Waals surface area contributed by atoms with Crippen LogP contribution in [0.25, 0.3) is 0 Å². The van der Waals surface area contributed by atoms with Crippen LogP contribution in [0.5, 0.6) is 0 Å². The molecule has 20 heavy (non-hydrogen) atoms. The minimum absolute atomic E-state index is 0.0517. The fraction of sp³-hybridized carbons (Fsp3) is 0.647. The van der Waals surface area contributed by atoms with Crippen molar-refractivity contribution in [3.63, 3.8) is 0 Å². The lowest BCUT2D eigenvalue weighted by Gasteiger charge is -2.39. The number of hydrogen-bond donors (Lipinski definition) is 1. The Labute approximate surface area is 121 Å². The molecule has 3 heteroatoms. The second-order valence-electron chi connectivity index (χ2n) is 6.21. The molecule has 3 nitrogen and oxygen atoms in total. The molecule has 1 spiro atoms. The molecule has 0 aliphatic carbocycles. The summed E-state index contributed by atoms with van der Waals surface area (Å²) in [4.78, 5) is 0. The van der Waals surface area contributed by atoms with Gasteiger partial charge in [0.2, 0.25) is 0 Å². The molecule has 0 saturated carbocycles. The van der Waals surface area contributed by atoms with Crippen molar-refractivity contribution >= 4 is 0 Å². The van der Waals surface area contributed by atoms with E-state index in [9.17, 15) is 0 Å². The number of hydrogen-bond acceptors (Lipinski definition) is 3. The molecular weight excluding hydrogens is 250 g/mol. The van der Waals surface area contributed by atoms with E-state index in [2.05, 4.69) is 31.2 Å². The molecule has 0 radical (unpaired) electrons. The highest BCUT2D eigenvalue weighted by Gasteiger charge is 2.42. The Morgan fingerprint density at radius 1 is 1.30 bits per heavy atom. The number of benzene rings is 1. The Morgan fingerprint density at radius 2 is 2.10 bits per heavy atom. The topological polar surface area (TPSA) is 44.5 Å². The molecule has 2 saturated heterocycles. The van der Waals surface area contributed by atoms with Gasteiger partial charge in [-0.15, -0.1) is 0 Å². The quantitative estimate of drug-likeness (QED) is 0.922. The lowest BCUT2D eigenvalue weighted by atomic mass is 9.79. The second-order valence-corrected chi connectivity index (χ2v) is 6.21. The summed E-state index contributed by atoms with van der Waals surface area (Å²) in [6, 6.07) is 8.89. The minimum Gasteiger partial charge on any atom is -0.378 e. The van der Waals surface area contributed by atoms with Gasteiger partial charge in [-0.1, -0.05) is 31.2 Å². The van der Waals surface area contributed by atoms with E-state index in [0.29, 0.717) is 5.92 Å². The van der Waals surface area contributed by atoms with Crippen LogP contribution >= 0.6 is 0 Å². The molecule has 0 aromatic heterocycles. The maximum Gasteiger partial charge on any atom is 0.0940 e. The molecule has 2 aliphatic rings. The van der Waals surface area contributed by atoms with Crippen LogP contribution in [0.15, 0.2) is 24.3 Å². The molecular formula is C17H25NO2. The zero-order valence-corrected chi connectivity index (χ0v) is 12.3. The monoisotopic (exact) mass is 275 g/mol. The van der Waals surface area contributed by atoms with Gasteiger partial charge < -0.3 is 15.2 Å². The van der Waals surface area contributed by atoms with Crippen molar-refractivity contribution in [2.45, 2.75) is 44.2 Å². The first-order chi connectivity index (χ1) is 9.72. The lowest BCUT2D eigenvalue weighted by Crippen LogP contribution is -2.43. The van der Waals surface area contributed by atoms with Gasteiger partial charge in [0.25, 0.3) is 0 Å². The average Bonchev–Trinajstić information content (AvgIpc) is 2.94.